The summed E-state index contributed by atoms with van der Waals surface area (Å²) < 4.78 is 0. The Bertz CT molecular complexity index is 475. The Labute approximate surface area is 90.1 Å². The first-order chi connectivity index (χ1) is 6.63. The number of hydrogen-bond donors (Lipinski definition) is 0. The number of hydrogen-bond acceptors (Lipinski definition) is 2. The molecule has 70 valence electrons. The molecule has 0 saturated heterocycles. The second kappa shape index (κ2) is 3.23. The Morgan fingerprint density at radius 1 is 0.786 bits per heavy atom. The van der Waals surface area contributed by atoms with Crippen LogP contribution in [0.15, 0.2) is 29.3 Å². The van der Waals surface area contributed by atoms with E-state index in [9.17, 15) is 9.59 Å². The summed E-state index contributed by atoms with van der Waals surface area (Å²) in [6.07, 6.45) is 0. The number of fused-ring (bicyclic) bond motifs is 1. The van der Waals surface area contributed by atoms with E-state index >= 15 is 0 Å². The van der Waals surface area contributed by atoms with Gasteiger partial charge in [0.05, 0.1) is 5.03 Å². The van der Waals surface area contributed by atoms with Crippen LogP contribution in [0.3, 0.4) is 0 Å². The molecular weight excluding hydrogens is 223 g/mol. The van der Waals surface area contributed by atoms with Crippen molar-refractivity contribution in [1.29, 1.82) is 0 Å². The molecule has 0 spiro atoms. The van der Waals surface area contributed by atoms with Gasteiger partial charge in [0, 0.05) is 11.1 Å². The second-order valence-corrected chi connectivity index (χ2v) is 3.59. The van der Waals surface area contributed by atoms with Gasteiger partial charge in [0.25, 0.3) is 0 Å². The summed E-state index contributed by atoms with van der Waals surface area (Å²) in [6.45, 7) is 0. The Morgan fingerprint density at radius 2 is 1.36 bits per heavy atom. The quantitative estimate of drug-likeness (QED) is 0.638. The highest BCUT2D eigenvalue weighted by molar-refractivity contribution is 6.70. The van der Waals surface area contributed by atoms with Crippen LogP contribution < -0.4 is 0 Å². The third-order valence-corrected chi connectivity index (χ3v) is 2.86. The minimum absolute atomic E-state index is 0.145. The van der Waals surface area contributed by atoms with Crippen LogP contribution in [0, 0.1) is 0 Å². The summed E-state index contributed by atoms with van der Waals surface area (Å²) in [4.78, 5) is 22.7. The number of ketones is 2. The molecule has 1 aliphatic carbocycles. The summed E-state index contributed by atoms with van der Waals surface area (Å²) in [6, 6.07) is 6.62. The zero-order chi connectivity index (χ0) is 10.3. The van der Waals surface area contributed by atoms with Gasteiger partial charge < -0.3 is 0 Å². The molecule has 1 aromatic rings. The van der Waals surface area contributed by atoms with Crippen molar-refractivity contribution in [2.24, 2.45) is 0 Å². The summed E-state index contributed by atoms with van der Waals surface area (Å²) in [5.41, 5.74) is 0.829. The Balaban J connectivity index is 2.78. The van der Waals surface area contributed by atoms with Crippen molar-refractivity contribution in [2.45, 2.75) is 0 Å². The first-order valence-electron chi connectivity index (χ1n) is 3.86. The van der Waals surface area contributed by atoms with Gasteiger partial charge >= 0.3 is 0 Å². The largest absolute Gasteiger partial charge is 0.285 e. The van der Waals surface area contributed by atoms with Crippen molar-refractivity contribution in [2.75, 3.05) is 0 Å². The molecule has 0 radical (unpaired) electrons. The molecule has 4 heteroatoms. The lowest BCUT2D eigenvalue weighted by Crippen LogP contribution is -2.20. The van der Waals surface area contributed by atoms with E-state index in [-0.39, 0.29) is 10.1 Å². The van der Waals surface area contributed by atoms with Gasteiger partial charge in [0.2, 0.25) is 11.6 Å². The molecule has 14 heavy (non-hydrogen) atoms. The summed E-state index contributed by atoms with van der Waals surface area (Å²) in [5, 5.41) is -0.0535. The normalized spacial score (nSPS) is 15.9. The van der Waals surface area contributed by atoms with Crippen LogP contribution in [-0.4, -0.2) is 11.6 Å². The highest BCUT2D eigenvalue weighted by Gasteiger charge is 2.30. The Kier molecular flexibility index (Phi) is 2.17. The predicted molar refractivity (Wildman–Crippen MR) is 54.4 cm³/mol. The molecule has 0 bridgehead atoms. The number of rotatable bonds is 0. The topological polar surface area (TPSA) is 34.1 Å². The van der Waals surface area contributed by atoms with Gasteiger partial charge in [0.15, 0.2) is 0 Å². The minimum atomic E-state index is -0.740. The van der Waals surface area contributed by atoms with Crippen LogP contribution in [0.2, 0.25) is 0 Å². The van der Waals surface area contributed by atoms with Crippen LogP contribution in [0.4, 0.5) is 0 Å². The monoisotopic (exact) mass is 226 g/mol. The highest BCUT2D eigenvalue weighted by atomic mass is 35.5. The summed E-state index contributed by atoms with van der Waals surface area (Å²) in [7, 11) is 0. The van der Waals surface area contributed by atoms with E-state index < -0.39 is 11.6 Å². The Morgan fingerprint density at radius 3 is 2.00 bits per heavy atom. The van der Waals surface area contributed by atoms with E-state index in [2.05, 4.69) is 0 Å². The maximum Gasteiger partial charge on any atom is 0.246 e. The number of halogens is 2. The lowest BCUT2D eigenvalue weighted by atomic mass is 9.95. The van der Waals surface area contributed by atoms with Gasteiger partial charge in [0.1, 0.15) is 5.03 Å². The molecule has 2 rings (SSSR count). The molecule has 0 saturated carbocycles. The molecule has 0 aromatic heterocycles. The van der Waals surface area contributed by atoms with Gasteiger partial charge in [-0.15, -0.1) is 0 Å². The van der Waals surface area contributed by atoms with Crippen molar-refractivity contribution >= 4 is 39.8 Å². The number of Topliss-reactive ketones (excluding diaryl/α,β-unsaturated/α-hetero) is 2. The van der Waals surface area contributed by atoms with Crippen LogP contribution in [0.1, 0.15) is 15.9 Å². The van der Waals surface area contributed by atoms with Crippen molar-refractivity contribution in [3.63, 3.8) is 0 Å². The first-order valence-corrected chi connectivity index (χ1v) is 4.62. The summed E-state index contributed by atoms with van der Waals surface area (Å²) in [5.74, 6) is -1.34. The van der Waals surface area contributed by atoms with E-state index in [1.165, 1.54) is 0 Å². The van der Waals surface area contributed by atoms with Gasteiger partial charge in [-0.3, -0.25) is 9.59 Å². The van der Waals surface area contributed by atoms with Crippen molar-refractivity contribution in [3.05, 3.63) is 40.4 Å². The van der Waals surface area contributed by atoms with Crippen LogP contribution in [-0.2, 0) is 4.79 Å². The number of carbonyl (C=O) groups excluding carboxylic acids is 2. The maximum atomic E-state index is 11.4. The molecule has 0 amide bonds. The number of carbonyl (C=O) groups is 2. The SMILES string of the molecule is O=C1C(=O)c2ccccc2C(Cl)=C1Cl. The fraction of sp³-hybridized carbons (Fsp3) is 0. The van der Waals surface area contributed by atoms with Gasteiger partial charge in [-0.1, -0.05) is 47.5 Å². The summed E-state index contributed by atoms with van der Waals surface area (Å²) >= 11 is 11.4. The first kappa shape index (κ1) is 9.44. The minimum Gasteiger partial charge on any atom is -0.285 e. The van der Waals surface area contributed by atoms with E-state index in [0.717, 1.165) is 0 Å². The molecule has 1 aliphatic rings. The molecule has 0 heterocycles. The van der Waals surface area contributed by atoms with Crippen molar-refractivity contribution < 1.29 is 9.59 Å². The second-order valence-electron chi connectivity index (χ2n) is 2.83. The molecule has 0 N–H and O–H groups in total. The van der Waals surface area contributed by atoms with E-state index in [1.807, 2.05) is 0 Å². The standard InChI is InChI=1S/C10H4Cl2O2/c11-7-5-3-1-2-4-6(5)9(13)10(14)8(7)12/h1-4H. The third-order valence-electron chi connectivity index (χ3n) is 2.01. The third kappa shape index (κ3) is 1.19. The van der Waals surface area contributed by atoms with E-state index in [0.29, 0.717) is 11.1 Å². The fourth-order valence-electron chi connectivity index (χ4n) is 1.31. The van der Waals surface area contributed by atoms with Crippen molar-refractivity contribution in [3.8, 4) is 0 Å². The lowest BCUT2D eigenvalue weighted by molar-refractivity contribution is -0.111. The Hall–Kier alpha value is -1.12. The lowest BCUT2D eigenvalue weighted by Gasteiger charge is -2.13. The zero-order valence-electron chi connectivity index (χ0n) is 6.88. The van der Waals surface area contributed by atoms with Crippen LogP contribution in [0.25, 0.3) is 5.03 Å². The highest BCUT2D eigenvalue weighted by Crippen LogP contribution is 2.33. The molecule has 1 aromatic carbocycles. The average Bonchev–Trinajstić information content (AvgIpc) is 2.23. The fourth-order valence-corrected chi connectivity index (χ4v) is 1.75. The average molecular weight is 227 g/mol. The molecule has 0 fully saturated rings. The van der Waals surface area contributed by atoms with Crippen LogP contribution in [0.5, 0.6) is 0 Å². The molecular formula is C10H4Cl2O2. The van der Waals surface area contributed by atoms with Gasteiger partial charge in [-0.25, -0.2) is 0 Å². The maximum absolute atomic E-state index is 11.4. The van der Waals surface area contributed by atoms with Crippen molar-refractivity contribution in [1.82, 2.24) is 0 Å². The number of allylic oxidation sites excluding steroid dienone is 1. The van der Waals surface area contributed by atoms with Crippen LogP contribution >= 0.6 is 23.2 Å². The molecule has 0 unspecified atom stereocenters. The zero-order valence-corrected chi connectivity index (χ0v) is 8.39. The molecule has 2 nitrogen and oxygen atoms in total. The molecule has 0 aliphatic heterocycles. The number of benzene rings is 1. The van der Waals surface area contributed by atoms with Gasteiger partial charge in [-0.05, 0) is 0 Å². The smallest absolute Gasteiger partial charge is 0.246 e. The van der Waals surface area contributed by atoms with E-state index in [1.54, 1.807) is 24.3 Å². The molecule has 0 atom stereocenters. The van der Waals surface area contributed by atoms with E-state index in [4.69, 9.17) is 23.2 Å². The predicted octanol–water partition coefficient (Wildman–Crippen LogP) is 2.60. The van der Waals surface area contributed by atoms with Gasteiger partial charge in [-0.2, -0.15) is 0 Å².